The second-order valence-corrected chi connectivity index (χ2v) is 9.82. The third-order valence-electron chi connectivity index (χ3n) is 5.65. The quantitative estimate of drug-likeness (QED) is 0.476. The van der Waals surface area contributed by atoms with Crippen LogP contribution in [0, 0.1) is 11.8 Å². The first-order valence-electron chi connectivity index (χ1n) is 9.49. The number of amides is 1. The van der Waals surface area contributed by atoms with E-state index in [0.29, 0.717) is 5.92 Å². The van der Waals surface area contributed by atoms with Crippen molar-refractivity contribution < 1.29 is 4.79 Å². The zero-order valence-corrected chi connectivity index (χ0v) is 17.4. The van der Waals surface area contributed by atoms with Crippen molar-refractivity contribution in [1.82, 2.24) is 4.90 Å². The van der Waals surface area contributed by atoms with E-state index in [1.165, 1.54) is 18.4 Å². The Kier molecular flexibility index (Phi) is 5.63. The minimum absolute atomic E-state index is 0.0167. The lowest BCUT2D eigenvalue weighted by atomic mass is 9.76. The molecule has 1 saturated carbocycles. The van der Waals surface area contributed by atoms with E-state index in [1.807, 2.05) is 30.3 Å². The van der Waals surface area contributed by atoms with Crippen LogP contribution in [0.4, 0.5) is 0 Å². The first kappa shape index (κ1) is 19.0. The lowest BCUT2D eigenvalue weighted by Crippen LogP contribution is -2.47. The topological polar surface area (TPSA) is 20.3 Å². The van der Waals surface area contributed by atoms with E-state index in [0.717, 1.165) is 33.6 Å². The summed E-state index contributed by atoms with van der Waals surface area (Å²) >= 11 is 14.1. The number of benzene rings is 1. The Labute approximate surface area is 174 Å². The van der Waals surface area contributed by atoms with E-state index >= 15 is 0 Å². The average molecular weight is 420 g/mol. The Bertz CT molecular complexity index is 844. The maximum absolute atomic E-state index is 13.3. The molecule has 2 heterocycles. The van der Waals surface area contributed by atoms with Gasteiger partial charge in [-0.05, 0) is 61.4 Å². The summed E-state index contributed by atoms with van der Waals surface area (Å²) < 4.78 is 0.766. The largest absolute Gasteiger partial charge is 0.334 e. The molecule has 0 N–H and O–H groups in total. The summed E-state index contributed by atoms with van der Waals surface area (Å²) in [6.07, 6.45) is 5.84. The highest BCUT2D eigenvalue weighted by Crippen LogP contribution is 2.49. The molecule has 2 aromatic rings. The number of rotatable bonds is 6. The summed E-state index contributed by atoms with van der Waals surface area (Å²) in [5.74, 6) is 1.08. The van der Waals surface area contributed by atoms with E-state index in [1.54, 1.807) is 11.3 Å². The van der Waals surface area contributed by atoms with Gasteiger partial charge in [0, 0.05) is 28.3 Å². The fourth-order valence-corrected chi connectivity index (χ4v) is 5.64. The molecule has 1 aromatic carbocycles. The van der Waals surface area contributed by atoms with Crippen molar-refractivity contribution in [1.29, 1.82) is 0 Å². The van der Waals surface area contributed by atoms with Crippen molar-refractivity contribution in [2.45, 2.75) is 37.6 Å². The van der Waals surface area contributed by atoms with E-state index in [9.17, 15) is 4.79 Å². The van der Waals surface area contributed by atoms with Gasteiger partial charge in [0.25, 0.3) is 0 Å². The van der Waals surface area contributed by atoms with Gasteiger partial charge in [-0.3, -0.25) is 4.79 Å². The minimum atomic E-state index is -0.0167. The van der Waals surface area contributed by atoms with Crippen molar-refractivity contribution in [2.24, 2.45) is 11.8 Å². The fourth-order valence-electron chi connectivity index (χ4n) is 4.20. The summed E-state index contributed by atoms with van der Waals surface area (Å²) in [5, 5.41) is 0.737. The third-order valence-corrected chi connectivity index (χ3v) is 7.19. The summed E-state index contributed by atoms with van der Waals surface area (Å²) in [5.41, 5.74) is 1.19. The molecule has 0 spiro atoms. The van der Waals surface area contributed by atoms with Crippen LogP contribution in [-0.2, 0) is 4.79 Å². The molecule has 1 aromatic heterocycles. The number of hydrogen-bond acceptors (Lipinski definition) is 2. The number of piperidine rings is 1. The van der Waals surface area contributed by atoms with Crippen LogP contribution in [0.5, 0.6) is 0 Å². The second-order valence-electron chi connectivity index (χ2n) is 7.64. The molecular formula is C22H23Cl2NOS. The second kappa shape index (κ2) is 7.98. The lowest BCUT2D eigenvalue weighted by Gasteiger charge is -2.44. The van der Waals surface area contributed by atoms with Crippen molar-refractivity contribution in [3.63, 3.8) is 0 Å². The maximum Gasteiger partial charge on any atom is 0.226 e. The highest BCUT2D eigenvalue weighted by atomic mass is 35.5. The highest BCUT2D eigenvalue weighted by Gasteiger charge is 2.44. The lowest BCUT2D eigenvalue weighted by molar-refractivity contribution is -0.143. The van der Waals surface area contributed by atoms with Crippen LogP contribution < -0.4 is 0 Å². The van der Waals surface area contributed by atoms with Gasteiger partial charge in [0.05, 0.1) is 10.4 Å². The first-order valence-corrected chi connectivity index (χ1v) is 11.1. The Morgan fingerprint density at radius 1 is 1.22 bits per heavy atom. The van der Waals surface area contributed by atoms with E-state index in [4.69, 9.17) is 23.2 Å². The molecule has 142 valence electrons. The predicted molar refractivity (Wildman–Crippen MR) is 114 cm³/mol. The number of likely N-dealkylation sites (tertiary alicyclic amines) is 1. The molecule has 4 rings (SSSR count). The van der Waals surface area contributed by atoms with Crippen LogP contribution in [0.2, 0.25) is 9.36 Å². The SMILES string of the molecule is C=CC[C@@H]1C[C@H](c2cccc(Cl)c2)[C@@H](c2ccc(Cl)s2)N(CC2CC2)C1=O. The van der Waals surface area contributed by atoms with Gasteiger partial charge < -0.3 is 4.90 Å². The molecule has 1 amide bonds. The van der Waals surface area contributed by atoms with Crippen LogP contribution in [-0.4, -0.2) is 17.4 Å². The molecule has 0 radical (unpaired) electrons. The van der Waals surface area contributed by atoms with E-state index in [-0.39, 0.29) is 23.8 Å². The zero-order valence-electron chi connectivity index (χ0n) is 15.1. The predicted octanol–water partition coefficient (Wildman–Crippen LogP) is 6.71. The number of allylic oxidation sites excluding steroid dienone is 1. The van der Waals surface area contributed by atoms with E-state index < -0.39 is 0 Å². The summed E-state index contributed by atoms with van der Waals surface area (Å²) in [6, 6.07) is 12.1. The van der Waals surface area contributed by atoms with Gasteiger partial charge in [0.15, 0.2) is 0 Å². The van der Waals surface area contributed by atoms with Crippen LogP contribution in [0.15, 0.2) is 49.1 Å². The van der Waals surface area contributed by atoms with Crippen LogP contribution in [0.1, 0.15) is 48.1 Å². The molecule has 27 heavy (non-hydrogen) atoms. The third kappa shape index (κ3) is 4.11. The molecule has 0 bridgehead atoms. The molecule has 5 heteroatoms. The molecular weight excluding hydrogens is 397 g/mol. The van der Waals surface area contributed by atoms with Gasteiger partial charge in [0.2, 0.25) is 5.91 Å². The van der Waals surface area contributed by atoms with Gasteiger partial charge in [-0.15, -0.1) is 17.9 Å². The van der Waals surface area contributed by atoms with Crippen molar-refractivity contribution >= 4 is 40.4 Å². The summed E-state index contributed by atoms with van der Waals surface area (Å²) in [4.78, 5) is 16.6. The fraction of sp³-hybridized carbons (Fsp3) is 0.409. The molecule has 1 aliphatic heterocycles. The van der Waals surface area contributed by atoms with Crippen molar-refractivity contribution in [3.8, 4) is 0 Å². The Hall–Kier alpha value is -1.29. The van der Waals surface area contributed by atoms with Gasteiger partial charge >= 0.3 is 0 Å². The molecule has 1 aliphatic carbocycles. The van der Waals surface area contributed by atoms with Crippen LogP contribution in [0.25, 0.3) is 0 Å². The number of hydrogen-bond donors (Lipinski definition) is 0. The van der Waals surface area contributed by atoms with Gasteiger partial charge in [-0.25, -0.2) is 0 Å². The number of carbonyl (C=O) groups is 1. The van der Waals surface area contributed by atoms with Crippen LogP contribution >= 0.6 is 34.5 Å². The van der Waals surface area contributed by atoms with Crippen molar-refractivity contribution in [3.05, 3.63) is 68.9 Å². The molecule has 0 unspecified atom stereocenters. The first-order chi connectivity index (χ1) is 13.1. The van der Waals surface area contributed by atoms with Crippen LogP contribution in [0.3, 0.4) is 0 Å². The molecule has 1 saturated heterocycles. The molecule has 2 nitrogen and oxygen atoms in total. The normalized spacial score (nSPS) is 25.6. The Morgan fingerprint density at radius 2 is 2.04 bits per heavy atom. The van der Waals surface area contributed by atoms with Crippen molar-refractivity contribution in [2.75, 3.05) is 6.54 Å². The van der Waals surface area contributed by atoms with E-state index in [2.05, 4.69) is 23.6 Å². The minimum Gasteiger partial charge on any atom is -0.334 e. The number of carbonyl (C=O) groups excluding carboxylic acids is 1. The van der Waals surface area contributed by atoms with Gasteiger partial charge in [-0.2, -0.15) is 0 Å². The standard InChI is InChI=1S/C22H23Cl2NOS/c1-2-4-16-12-18(15-5-3-6-17(23)11-15)21(19-9-10-20(24)27-19)25(22(16)26)13-14-7-8-14/h2-3,5-6,9-11,14,16,18,21H,1,4,7-8,12-13H2/t16-,18-,21+/m1/s1. The molecule has 3 atom stereocenters. The van der Waals surface area contributed by atoms with Gasteiger partial charge in [-0.1, -0.05) is 41.4 Å². The Morgan fingerprint density at radius 3 is 2.67 bits per heavy atom. The zero-order chi connectivity index (χ0) is 19.0. The van der Waals surface area contributed by atoms with Gasteiger partial charge in [0.1, 0.15) is 0 Å². The number of thiophene rings is 1. The Balaban J connectivity index is 1.78. The number of halogens is 2. The average Bonchev–Trinajstić information content (AvgIpc) is 3.37. The molecule has 2 aliphatic rings. The summed E-state index contributed by atoms with van der Waals surface area (Å²) in [7, 11) is 0. The summed E-state index contributed by atoms with van der Waals surface area (Å²) in [6.45, 7) is 4.71. The maximum atomic E-state index is 13.3. The number of nitrogens with zero attached hydrogens (tertiary/aromatic N) is 1. The molecule has 2 fully saturated rings. The smallest absolute Gasteiger partial charge is 0.226 e. The monoisotopic (exact) mass is 419 g/mol. The highest BCUT2D eigenvalue weighted by molar-refractivity contribution is 7.16.